The van der Waals surface area contributed by atoms with Gasteiger partial charge in [-0.15, -0.1) is 0 Å². The van der Waals surface area contributed by atoms with Crippen molar-refractivity contribution in [2.45, 2.75) is 19.3 Å². The quantitative estimate of drug-likeness (QED) is 0.397. The Hall–Kier alpha value is -1.15. The standard InChI is InChI=1S/C8H12N4S/c9-4-5-11-12-8(13)10-6-7-2-1-3-7/h5,7H,1-3,6H2,(H2,10,12,13)/b11-5+. The topological polar surface area (TPSA) is 60.2 Å². The molecule has 70 valence electrons. The molecule has 0 unspecified atom stereocenters. The van der Waals surface area contributed by atoms with Crippen molar-refractivity contribution in [2.75, 3.05) is 6.54 Å². The van der Waals surface area contributed by atoms with Crippen molar-refractivity contribution in [3.05, 3.63) is 0 Å². The zero-order valence-electron chi connectivity index (χ0n) is 7.29. The van der Waals surface area contributed by atoms with Gasteiger partial charge in [0, 0.05) is 6.54 Å². The summed E-state index contributed by atoms with van der Waals surface area (Å²) in [6.07, 6.45) is 5.02. The van der Waals surface area contributed by atoms with Crippen LogP contribution in [0.3, 0.4) is 0 Å². The van der Waals surface area contributed by atoms with Crippen molar-refractivity contribution in [2.24, 2.45) is 11.0 Å². The van der Waals surface area contributed by atoms with E-state index in [2.05, 4.69) is 15.8 Å². The molecule has 1 aliphatic rings. The smallest absolute Gasteiger partial charge is 0.186 e. The Bertz CT molecular complexity index is 239. The van der Waals surface area contributed by atoms with E-state index in [1.807, 2.05) is 0 Å². The average molecular weight is 196 g/mol. The minimum Gasteiger partial charge on any atom is -0.361 e. The second-order valence-corrected chi connectivity index (χ2v) is 3.41. The SMILES string of the molecule is N#C/C=N/NC(=S)NCC1CCC1. The van der Waals surface area contributed by atoms with Crippen LogP contribution in [0.5, 0.6) is 0 Å². The molecule has 0 radical (unpaired) electrons. The lowest BCUT2D eigenvalue weighted by Gasteiger charge is -2.25. The third-order valence-electron chi connectivity index (χ3n) is 2.06. The van der Waals surface area contributed by atoms with Crippen LogP contribution in [0.1, 0.15) is 19.3 Å². The molecule has 5 heteroatoms. The first-order valence-corrected chi connectivity index (χ1v) is 4.68. The first kappa shape index (κ1) is 9.93. The van der Waals surface area contributed by atoms with Crippen molar-refractivity contribution < 1.29 is 0 Å². The highest BCUT2D eigenvalue weighted by Crippen LogP contribution is 2.24. The van der Waals surface area contributed by atoms with Gasteiger partial charge in [0.25, 0.3) is 0 Å². The number of thiocarbonyl (C=S) groups is 1. The zero-order valence-corrected chi connectivity index (χ0v) is 8.10. The molecule has 0 bridgehead atoms. The second-order valence-electron chi connectivity index (χ2n) is 3.01. The van der Waals surface area contributed by atoms with Gasteiger partial charge in [-0.1, -0.05) is 6.42 Å². The Morgan fingerprint density at radius 1 is 1.69 bits per heavy atom. The van der Waals surface area contributed by atoms with E-state index < -0.39 is 0 Å². The van der Waals surface area contributed by atoms with Gasteiger partial charge in [-0.3, -0.25) is 5.43 Å². The van der Waals surface area contributed by atoms with E-state index in [9.17, 15) is 0 Å². The summed E-state index contributed by atoms with van der Waals surface area (Å²) in [5, 5.41) is 15.2. The van der Waals surface area contributed by atoms with Crippen LogP contribution in [0, 0.1) is 17.2 Å². The van der Waals surface area contributed by atoms with E-state index in [0.29, 0.717) is 5.11 Å². The van der Waals surface area contributed by atoms with Gasteiger partial charge in [-0.25, -0.2) is 0 Å². The molecule has 0 saturated heterocycles. The van der Waals surface area contributed by atoms with Crippen molar-refractivity contribution >= 4 is 23.5 Å². The van der Waals surface area contributed by atoms with Crippen LogP contribution < -0.4 is 10.7 Å². The highest BCUT2D eigenvalue weighted by Gasteiger charge is 2.16. The highest BCUT2D eigenvalue weighted by molar-refractivity contribution is 7.80. The molecule has 4 nitrogen and oxygen atoms in total. The first-order chi connectivity index (χ1) is 6.33. The summed E-state index contributed by atoms with van der Waals surface area (Å²) in [5.41, 5.74) is 2.55. The Morgan fingerprint density at radius 3 is 3.00 bits per heavy atom. The average Bonchev–Trinajstić information content (AvgIpc) is 2.02. The third-order valence-corrected chi connectivity index (χ3v) is 2.30. The van der Waals surface area contributed by atoms with Gasteiger partial charge in [0.15, 0.2) is 5.11 Å². The van der Waals surface area contributed by atoms with Gasteiger partial charge in [0.1, 0.15) is 12.3 Å². The minimum atomic E-state index is 0.485. The fourth-order valence-electron chi connectivity index (χ4n) is 1.09. The van der Waals surface area contributed by atoms with Gasteiger partial charge >= 0.3 is 0 Å². The van der Waals surface area contributed by atoms with Crippen LogP contribution in [0.15, 0.2) is 5.10 Å². The molecule has 0 aromatic rings. The fourth-order valence-corrected chi connectivity index (χ4v) is 1.23. The van der Waals surface area contributed by atoms with Crippen LogP contribution in [0.25, 0.3) is 0 Å². The molecule has 1 saturated carbocycles. The Morgan fingerprint density at radius 2 is 2.46 bits per heavy atom. The van der Waals surface area contributed by atoms with Gasteiger partial charge in [0.2, 0.25) is 0 Å². The van der Waals surface area contributed by atoms with E-state index >= 15 is 0 Å². The molecule has 0 heterocycles. The predicted octanol–water partition coefficient (Wildman–Crippen LogP) is 0.760. The fraction of sp³-hybridized carbons (Fsp3) is 0.625. The van der Waals surface area contributed by atoms with Crippen molar-refractivity contribution in [1.29, 1.82) is 5.26 Å². The van der Waals surface area contributed by atoms with Crippen LogP contribution in [-0.2, 0) is 0 Å². The summed E-state index contributed by atoms with van der Waals surface area (Å²) in [5.74, 6) is 0.764. The number of rotatable bonds is 3. The zero-order chi connectivity index (χ0) is 9.52. The van der Waals surface area contributed by atoms with Gasteiger partial charge in [-0.05, 0) is 31.0 Å². The summed E-state index contributed by atoms with van der Waals surface area (Å²) in [6.45, 7) is 0.911. The third kappa shape index (κ3) is 3.85. The number of hydrazone groups is 1. The maximum atomic E-state index is 8.14. The second kappa shape index (κ2) is 5.49. The van der Waals surface area contributed by atoms with Gasteiger partial charge in [0.05, 0.1) is 0 Å². The van der Waals surface area contributed by atoms with Crippen LogP contribution in [0.4, 0.5) is 0 Å². The van der Waals surface area contributed by atoms with Crippen LogP contribution in [-0.4, -0.2) is 17.9 Å². The highest BCUT2D eigenvalue weighted by atomic mass is 32.1. The van der Waals surface area contributed by atoms with Crippen LogP contribution in [0.2, 0.25) is 0 Å². The Kier molecular flexibility index (Phi) is 4.19. The molecule has 0 aromatic carbocycles. The van der Waals surface area contributed by atoms with E-state index in [-0.39, 0.29) is 0 Å². The molecule has 0 aromatic heterocycles. The molecule has 0 amide bonds. The molecule has 0 atom stereocenters. The maximum Gasteiger partial charge on any atom is 0.186 e. The summed E-state index contributed by atoms with van der Waals surface area (Å²) >= 11 is 4.91. The molecule has 2 N–H and O–H groups in total. The number of nitriles is 1. The normalized spacial score (nSPS) is 16.2. The van der Waals surface area contributed by atoms with E-state index in [1.54, 1.807) is 6.07 Å². The van der Waals surface area contributed by atoms with E-state index in [0.717, 1.165) is 18.7 Å². The summed E-state index contributed by atoms with van der Waals surface area (Å²) in [7, 11) is 0. The predicted molar refractivity (Wildman–Crippen MR) is 55.2 cm³/mol. The monoisotopic (exact) mass is 196 g/mol. The number of nitrogens with zero attached hydrogens (tertiary/aromatic N) is 2. The van der Waals surface area contributed by atoms with E-state index in [1.165, 1.54) is 19.3 Å². The molecule has 1 rings (SSSR count). The van der Waals surface area contributed by atoms with Crippen molar-refractivity contribution in [3.8, 4) is 6.07 Å². The molecule has 0 spiro atoms. The molecule has 13 heavy (non-hydrogen) atoms. The lowest BCUT2D eigenvalue weighted by molar-refractivity contribution is 0.315. The van der Waals surface area contributed by atoms with Crippen molar-refractivity contribution in [1.82, 2.24) is 10.7 Å². The maximum absolute atomic E-state index is 8.14. The summed E-state index contributed by atoms with van der Waals surface area (Å²) in [4.78, 5) is 0. The molecule has 0 aliphatic heterocycles. The lowest BCUT2D eigenvalue weighted by atomic mass is 9.85. The Balaban J connectivity index is 2.03. The molecule has 1 fully saturated rings. The van der Waals surface area contributed by atoms with Gasteiger partial charge in [-0.2, -0.15) is 10.4 Å². The molecule has 1 aliphatic carbocycles. The largest absolute Gasteiger partial charge is 0.361 e. The van der Waals surface area contributed by atoms with Crippen molar-refractivity contribution in [3.63, 3.8) is 0 Å². The van der Waals surface area contributed by atoms with E-state index in [4.69, 9.17) is 17.5 Å². The summed E-state index contributed by atoms with van der Waals surface area (Å²) in [6, 6.07) is 1.77. The number of hydrogen-bond acceptors (Lipinski definition) is 3. The Labute approximate surface area is 83.0 Å². The van der Waals surface area contributed by atoms with Gasteiger partial charge < -0.3 is 5.32 Å². The molecular weight excluding hydrogens is 184 g/mol. The molecular formula is C8H12N4S. The minimum absolute atomic E-state index is 0.485. The first-order valence-electron chi connectivity index (χ1n) is 4.28. The lowest BCUT2D eigenvalue weighted by Crippen LogP contribution is -2.37. The summed E-state index contributed by atoms with van der Waals surface area (Å²) < 4.78 is 0. The van der Waals surface area contributed by atoms with Crippen LogP contribution >= 0.6 is 12.2 Å². The number of hydrogen-bond donors (Lipinski definition) is 2. The number of nitrogens with one attached hydrogen (secondary N) is 2.